The molecular formula is C7H20N2O. The summed E-state index contributed by atoms with van der Waals surface area (Å²) >= 11 is 0. The second kappa shape index (κ2) is 5.65. The number of hydrogen-bond donors (Lipinski definition) is 1. The Kier molecular flexibility index (Phi) is 7.09. The van der Waals surface area contributed by atoms with Gasteiger partial charge in [0.25, 0.3) is 0 Å². The highest BCUT2D eigenvalue weighted by Gasteiger charge is 2.08. The average molecular weight is 148 g/mol. The average Bonchev–Trinajstić information content (AvgIpc) is 1.84. The Morgan fingerprint density at radius 1 is 1.30 bits per heavy atom. The second-order valence-corrected chi connectivity index (χ2v) is 3.12. The zero-order valence-corrected chi connectivity index (χ0v) is 7.30. The van der Waals surface area contributed by atoms with Gasteiger partial charge in [-0.2, -0.15) is 0 Å². The van der Waals surface area contributed by atoms with Crippen LogP contribution >= 0.6 is 0 Å². The van der Waals surface area contributed by atoms with E-state index in [0.717, 1.165) is 17.4 Å². The van der Waals surface area contributed by atoms with E-state index in [-0.39, 0.29) is 5.48 Å². The minimum Gasteiger partial charge on any atom is -0.870 e. The molecule has 0 amide bonds. The van der Waals surface area contributed by atoms with E-state index < -0.39 is 0 Å². The molecule has 0 aromatic rings. The molecule has 64 valence electrons. The van der Waals surface area contributed by atoms with Crippen LogP contribution in [0.15, 0.2) is 0 Å². The zero-order valence-electron chi connectivity index (χ0n) is 7.30. The van der Waals surface area contributed by atoms with Crippen LogP contribution in [0.25, 0.3) is 0 Å². The largest absolute Gasteiger partial charge is 0.870 e. The number of nitrogens with two attached hydrogens (primary N) is 1. The Labute approximate surface area is 63.7 Å². The van der Waals surface area contributed by atoms with Gasteiger partial charge in [-0.25, -0.2) is 0 Å². The lowest BCUT2D eigenvalue weighted by Crippen LogP contribution is -2.40. The monoisotopic (exact) mass is 148 g/mol. The summed E-state index contributed by atoms with van der Waals surface area (Å²) in [5.74, 6) is 0. The Morgan fingerprint density at radius 2 is 1.80 bits per heavy atom. The predicted molar refractivity (Wildman–Crippen MR) is 43.1 cm³/mol. The van der Waals surface area contributed by atoms with Crippen LogP contribution < -0.4 is 5.73 Å². The van der Waals surface area contributed by atoms with Crippen LogP contribution in [0, 0.1) is 0 Å². The van der Waals surface area contributed by atoms with Gasteiger partial charge in [-0.3, -0.25) is 0 Å². The molecule has 0 unspecified atom stereocenters. The minimum absolute atomic E-state index is 0. The van der Waals surface area contributed by atoms with Crippen molar-refractivity contribution < 1.29 is 9.96 Å². The molecule has 0 aromatic heterocycles. The maximum Gasteiger partial charge on any atom is 0.0794 e. The Morgan fingerprint density at radius 3 is 2.10 bits per heavy atom. The molecule has 0 aliphatic heterocycles. The van der Waals surface area contributed by atoms with E-state index >= 15 is 0 Å². The van der Waals surface area contributed by atoms with E-state index in [0.29, 0.717) is 0 Å². The van der Waals surface area contributed by atoms with E-state index in [2.05, 4.69) is 21.0 Å². The van der Waals surface area contributed by atoms with Crippen molar-refractivity contribution >= 4 is 0 Å². The first-order valence-corrected chi connectivity index (χ1v) is 3.64. The Bertz CT molecular complexity index is 74.0. The minimum atomic E-state index is 0. The molecule has 0 rings (SSSR count). The predicted octanol–water partition coefficient (Wildman–Crippen LogP) is 0.255. The molecule has 0 aliphatic carbocycles. The molecule has 0 saturated heterocycles. The molecule has 0 spiro atoms. The van der Waals surface area contributed by atoms with Crippen molar-refractivity contribution in [2.24, 2.45) is 5.73 Å². The summed E-state index contributed by atoms with van der Waals surface area (Å²) in [6.07, 6.45) is 1.14. The third-order valence-electron chi connectivity index (χ3n) is 1.82. The summed E-state index contributed by atoms with van der Waals surface area (Å²) in [6, 6.07) is 0. The highest BCUT2D eigenvalue weighted by molar-refractivity contribution is 4.35. The lowest BCUT2D eigenvalue weighted by Gasteiger charge is -2.27. The van der Waals surface area contributed by atoms with Crippen LogP contribution in [-0.4, -0.2) is 43.7 Å². The summed E-state index contributed by atoms with van der Waals surface area (Å²) in [7, 11) is 4.46. The van der Waals surface area contributed by atoms with Crippen LogP contribution in [0.2, 0.25) is 0 Å². The van der Waals surface area contributed by atoms with Crippen molar-refractivity contribution in [1.29, 1.82) is 0 Å². The fourth-order valence-electron chi connectivity index (χ4n) is 0.677. The molecule has 0 saturated carbocycles. The molecule has 0 radical (unpaired) electrons. The molecule has 10 heavy (non-hydrogen) atoms. The molecular weight excluding hydrogens is 128 g/mol. The quantitative estimate of drug-likeness (QED) is 0.581. The Hall–Kier alpha value is -0.120. The SMILES string of the molecule is CC[N+](C)(C)CCCN.[OH-]. The highest BCUT2D eigenvalue weighted by atomic mass is 16.0. The van der Waals surface area contributed by atoms with Crippen LogP contribution in [0.1, 0.15) is 13.3 Å². The molecule has 3 heteroatoms. The van der Waals surface area contributed by atoms with Gasteiger partial charge in [0.05, 0.1) is 27.2 Å². The number of nitrogens with zero attached hydrogens (tertiary/aromatic N) is 1. The fraction of sp³-hybridized carbons (Fsp3) is 1.00. The summed E-state index contributed by atoms with van der Waals surface area (Å²) in [5, 5.41) is 0. The molecule has 0 heterocycles. The molecule has 0 fully saturated rings. The zero-order chi connectivity index (χ0) is 7.33. The lowest BCUT2D eigenvalue weighted by atomic mass is 10.3. The van der Waals surface area contributed by atoms with Crippen LogP contribution in [0.4, 0.5) is 0 Å². The second-order valence-electron chi connectivity index (χ2n) is 3.12. The van der Waals surface area contributed by atoms with Gasteiger partial charge in [-0.1, -0.05) is 0 Å². The maximum absolute atomic E-state index is 5.38. The van der Waals surface area contributed by atoms with Crippen molar-refractivity contribution in [3.8, 4) is 0 Å². The van der Waals surface area contributed by atoms with Gasteiger partial charge in [0.15, 0.2) is 0 Å². The first kappa shape index (κ1) is 12.5. The van der Waals surface area contributed by atoms with Gasteiger partial charge in [0, 0.05) is 6.42 Å². The van der Waals surface area contributed by atoms with Crippen molar-refractivity contribution in [3.05, 3.63) is 0 Å². The topological polar surface area (TPSA) is 56.0 Å². The van der Waals surface area contributed by atoms with Crippen LogP contribution in [0.5, 0.6) is 0 Å². The third-order valence-corrected chi connectivity index (χ3v) is 1.82. The lowest BCUT2D eigenvalue weighted by molar-refractivity contribution is -0.888. The number of rotatable bonds is 4. The molecule has 3 N–H and O–H groups in total. The van der Waals surface area contributed by atoms with Gasteiger partial charge in [0.1, 0.15) is 0 Å². The van der Waals surface area contributed by atoms with Crippen molar-refractivity contribution in [1.82, 2.24) is 0 Å². The molecule has 0 aliphatic rings. The first-order chi connectivity index (χ1) is 4.12. The van der Waals surface area contributed by atoms with E-state index in [1.807, 2.05) is 0 Å². The third kappa shape index (κ3) is 6.01. The van der Waals surface area contributed by atoms with Gasteiger partial charge in [0.2, 0.25) is 0 Å². The molecule has 3 nitrogen and oxygen atoms in total. The van der Waals surface area contributed by atoms with Crippen LogP contribution in [0.3, 0.4) is 0 Å². The first-order valence-electron chi connectivity index (χ1n) is 3.64. The van der Waals surface area contributed by atoms with Gasteiger partial charge in [-0.05, 0) is 13.5 Å². The molecule has 0 aromatic carbocycles. The van der Waals surface area contributed by atoms with Gasteiger partial charge >= 0.3 is 0 Å². The summed E-state index contributed by atoms with van der Waals surface area (Å²) < 4.78 is 1.09. The van der Waals surface area contributed by atoms with Crippen molar-refractivity contribution in [2.75, 3.05) is 33.7 Å². The number of quaternary nitrogens is 1. The van der Waals surface area contributed by atoms with E-state index in [1.54, 1.807) is 0 Å². The Balaban J connectivity index is 0. The standard InChI is InChI=1S/C7H19N2.H2O/c1-4-9(2,3)7-5-6-8;/h4-8H2,1-3H3;1H2/q+1;/p-1. The maximum atomic E-state index is 5.38. The number of hydrogen-bond acceptors (Lipinski definition) is 2. The summed E-state index contributed by atoms with van der Waals surface area (Å²) in [5.41, 5.74) is 5.38. The van der Waals surface area contributed by atoms with Crippen LogP contribution in [-0.2, 0) is 0 Å². The van der Waals surface area contributed by atoms with Crippen molar-refractivity contribution in [3.63, 3.8) is 0 Å². The molecule has 0 atom stereocenters. The van der Waals surface area contributed by atoms with E-state index in [4.69, 9.17) is 5.73 Å². The van der Waals surface area contributed by atoms with Crippen molar-refractivity contribution in [2.45, 2.75) is 13.3 Å². The summed E-state index contributed by atoms with van der Waals surface area (Å²) in [6.45, 7) is 5.42. The molecule has 0 bridgehead atoms. The normalized spacial score (nSPS) is 10.8. The van der Waals surface area contributed by atoms with Gasteiger partial charge in [-0.15, -0.1) is 0 Å². The van der Waals surface area contributed by atoms with E-state index in [1.165, 1.54) is 13.1 Å². The van der Waals surface area contributed by atoms with Gasteiger partial charge < -0.3 is 15.7 Å². The summed E-state index contributed by atoms with van der Waals surface area (Å²) in [4.78, 5) is 0. The smallest absolute Gasteiger partial charge is 0.0794 e. The van der Waals surface area contributed by atoms with E-state index in [9.17, 15) is 0 Å². The highest BCUT2D eigenvalue weighted by Crippen LogP contribution is 1.95. The fourth-order valence-corrected chi connectivity index (χ4v) is 0.677.